The zero-order valence-corrected chi connectivity index (χ0v) is 15.8. The number of hydrogen-bond acceptors (Lipinski definition) is 6. The van der Waals surface area contributed by atoms with Crippen LogP contribution in [0, 0.1) is 0 Å². The number of hydrogen-bond donors (Lipinski definition) is 5. The van der Waals surface area contributed by atoms with E-state index in [-0.39, 0.29) is 12.3 Å². The Hall–Kier alpha value is -3.91. The van der Waals surface area contributed by atoms with Gasteiger partial charge in [0.05, 0.1) is 19.0 Å². The van der Waals surface area contributed by atoms with Gasteiger partial charge in [0.1, 0.15) is 29.7 Å². The van der Waals surface area contributed by atoms with E-state index in [4.69, 9.17) is 10.5 Å². The quantitative estimate of drug-likeness (QED) is 0.496. The van der Waals surface area contributed by atoms with Crippen LogP contribution in [-0.4, -0.2) is 29.6 Å². The average molecular weight is 392 g/mol. The van der Waals surface area contributed by atoms with Crippen molar-refractivity contribution in [2.45, 2.75) is 0 Å². The number of nitrogens with zero attached hydrogens (tertiary/aromatic N) is 1. The molecule has 2 aliphatic rings. The molecule has 8 nitrogen and oxygen atoms in total. The number of methoxy groups -OCH3 is 1. The van der Waals surface area contributed by atoms with E-state index in [9.17, 15) is 9.90 Å². The van der Waals surface area contributed by atoms with E-state index in [1.807, 2.05) is 59.9 Å². The van der Waals surface area contributed by atoms with Crippen LogP contribution in [0.3, 0.4) is 0 Å². The molecule has 0 aliphatic carbocycles. The molecule has 1 amide bonds. The number of carbonyl (C=O) groups is 1. The van der Waals surface area contributed by atoms with Gasteiger partial charge in [-0.1, -0.05) is 12.1 Å². The molecular weight excluding hydrogens is 370 g/mol. The smallest absolute Gasteiger partial charge is 0.273 e. The lowest BCUT2D eigenvalue weighted by Gasteiger charge is -2.23. The number of primary amides is 1. The van der Waals surface area contributed by atoms with Gasteiger partial charge in [-0.15, -0.1) is 0 Å². The zero-order valence-electron chi connectivity index (χ0n) is 15.8. The number of quaternary nitrogens is 1. The predicted octanol–water partition coefficient (Wildman–Crippen LogP) is 0.698. The van der Waals surface area contributed by atoms with Crippen LogP contribution >= 0.6 is 0 Å². The van der Waals surface area contributed by atoms with Crippen molar-refractivity contribution in [2.75, 3.05) is 19.0 Å². The summed E-state index contributed by atoms with van der Waals surface area (Å²) in [4.78, 5) is 14.0. The van der Waals surface area contributed by atoms with Gasteiger partial charge < -0.3 is 26.2 Å². The minimum Gasteiger partial charge on any atom is -0.507 e. The van der Waals surface area contributed by atoms with Crippen molar-refractivity contribution >= 4 is 17.3 Å². The minimum absolute atomic E-state index is 0.155. The van der Waals surface area contributed by atoms with Crippen molar-refractivity contribution in [1.82, 2.24) is 10.2 Å². The second kappa shape index (κ2) is 7.61. The molecule has 6 N–H and O–H groups in total. The van der Waals surface area contributed by atoms with Crippen LogP contribution in [0.1, 0.15) is 5.56 Å². The Morgan fingerprint density at radius 3 is 2.69 bits per heavy atom. The molecule has 0 fully saturated rings. The van der Waals surface area contributed by atoms with Crippen molar-refractivity contribution in [3.63, 3.8) is 0 Å². The molecule has 8 heteroatoms. The molecule has 0 spiro atoms. The Labute approximate surface area is 168 Å². The van der Waals surface area contributed by atoms with Crippen molar-refractivity contribution in [1.29, 1.82) is 0 Å². The third-order valence-corrected chi connectivity index (χ3v) is 4.65. The number of phenolic OH excluding ortho intramolecular Hbond substituents is 1. The molecule has 1 unspecified atom stereocenters. The van der Waals surface area contributed by atoms with Crippen LogP contribution < -0.4 is 26.0 Å². The van der Waals surface area contributed by atoms with Gasteiger partial charge in [0, 0.05) is 11.3 Å². The second-order valence-corrected chi connectivity index (χ2v) is 6.65. The maximum absolute atomic E-state index is 11.3. The number of amides is 1. The van der Waals surface area contributed by atoms with Crippen LogP contribution in [0.4, 0.5) is 5.69 Å². The number of aromatic hydroxyl groups is 1. The highest BCUT2D eigenvalue weighted by molar-refractivity contribution is 5.78. The summed E-state index contributed by atoms with van der Waals surface area (Å²) < 4.78 is 5.22. The number of carbonyl (C=O) groups excluding carboxylic acids is 1. The lowest BCUT2D eigenvalue weighted by molar-refractivity contribution is -0.783. The van der Waals surface area contributed by atoms with Gasteiger partial charge in [0.25, 0.3) is 5.91 Å². The first-order valence-corrected chi connectivity index (χ1v) is 9.09. The fraction of sp³-hybridized carbons (Fsp3) is 0.0952. The van der Waals surface area contributed by atoms with Gasteiger partial charge in [-0.25, -0.2) is 0 Å². The van der Waals surface area contributed by atoms with Gasteiger partial charge in [-0.2, -0.15) is 0 Å². The van der Waals surface area contributed by atoms with Crippen LogP contribution in [0.25, 0.3) is 5.70 Å². The largest absolute Gasteiger partial charge is 0.507 e. The summed E-state index contributed by atoms with van der Waals surface area (Å²) in [6.45, 7) is 0.155. The van der Waals surface area contributed by atoms with E-state index >= 15 is 0 Å². The molecular formula is C21H22N5O3+. The number of phenols is 1. The van der Waals surface area contributed by atoms with E-state index in [1.54, 1.807) is 19.2 Å². The summed E-state index contributed by atoms with van der Waals surface area (Å²) in [6, 6.07) is 14.7. The molecule has 2 aromatic carbocycles. The summed E-state index contributed by atoms with van der Waals surface area (Å²) >= 11 is 0. The summed E-state index contributed by atoms with van der Waals surface area (Å²) in [5, 5.41) is 17.1. The number of anilines is 1. The first kappa shape index (κ1) is 18.5. The maximum atomic E-state index is 11.3. The first-order chi connectivity index (χ1) is 14.0. The summed E-state index contributed by atoms with van der Waals surface area (Å²) in [7, 11) is 1.62. The molecule has 2 heterocycles. The van der Waals surface area contributed by atoms with E-state index in [2.05, 4.69) is 10.6 Å². The summed E-state index contributed by atoms with van der Waals surface area (Å²) in [5.74, 6) is 2.04. The Morgan fingerprint density at radius 1 is 1.24 bits per heavy atom. The monoisotopic (exact) mass is 392 g/mol. The van der Waals surface area contributed by atoms with Crippen LogP contribution in [0.15, 0.2) is 78.8 Å². The van der Waals surface area contributed by atoms with Gasteiger partial charge >= 0.3 is 0 Å². The first-order valence-electron chi connectivity index (χ1n) is 9.09. The number of ether oxygens (including phenoxy) is 1. The minimum atomic E-state index is -0.390. The molecule has 2 aromatic rings. The molecule has 29 heavy (non-hydrogen) atoms. The average Bonchev–Trinajstić information content (AvgIpc) is 3.06. The van der Waals surface area contributed by atoms with Gasteiger partial charge in [-0.3, -0.25) is 14.6 Å². The van der Waals surface area contributed by atoms with Crippen LogP contribution in [-0.2, 0) is 4.79 Å². The Balaban J connectivity index is 1.72. The highest BCUT2D eigenvalue weighted by Crippen LogP contribution is 2.34. The second-order valence-electron chi connectivity index (χ2n) is 6.65. The topological polar surface area (TPSA) is 104 Å². The Morgan fingerprint density at radius 2 is 2.00 bits per heavy atom. The van der Waals surface area contributed by atoms with Crippen LogP contribution in [0.2, 0.25) is 0 Å². The molecule has 148 valence electrons. The number of nitrogens with two attached hydrogens (primary N) is 1. The molecule has 4 rings (SSSR count). The normalized spacial score (nSPS) is 17.5. The third kappa shape index (κ3) is 3.74. The Bertz CT molecular complexity index is 1030. The third-order valence-electron chi connectivity index (χ3n) is 4.65. The van der Waals surface area contributed by atoms with Crippen molar-refractivity contribution in [2.24, 2.45) is 5.73 Å². The van der Waals surface area contributed by atoms with E-state index in [0.29, 0.717) is 5.56 Å². The SMILES string of the molecule is COc1ccc(NC2=C(c3ccccc3O)NC3=C[NH+](CC(N)=O)C=CN32)cc1. The van der Waals surface area contributed by atoms with E-state index in [1.165, 1.54) is 0 Å². The molecule has 0 radical (unpaired) electrons. The molecule has 1 atom stereocenters. The predicted molar refractivity (Wildman–Crippen MR) is 109 cm³/mol. The fourth-order valence-electron chi connectivity index (χ4n) is 3.27. The molecule has 2 aliphatic heterocycles. The molecule has 0 bridgehead atoms. The summed E-state index contributed by atoms with van der Waals surface area (Å²) in [6.07, 6.45) is 5.58. The van der Waals surface area contributed by atoms with Crippen molar-refractivity contribution in [3.05, 3.63) is 84.3 Å². The van der Waals surface area contributed by atoms with Gasteiger partial charge in [0.2, 0.25) is 0 Å². The van der Waals surface area contributed by atoms with Crippen molar-refractivity contribution in [3.8, 4) is 11.5 Å². The lowest BCUT2D eigenvalue weighted by Crippen LogP contribution is -3.05. The number of rotatable bonds is 6. The molecule has 0 saturated carbocycles. The number of benzene rings is 2. The van der Waals surface area contributed by atoms with Crippen molar-refractivity contribution < 1.29 is 19.5 Å². The molecule has 0 saturated heterocycles. The number of fused-ring (bicyclic) bond motifs is 1. The Kier molecular flexibility index (Phi) is 4.84. The lowest BCUT2D eigenvalue weighted by atomic mass is 10.1. The summed E-state index contributed by atoms with van der Waals surface area (Å²) in [5.41, 5.74) is 7.56. The number of para-hydroxylation sites is 1. The number of nitrogens with one attached hydrogen (secondary N) is 3. The van der Waals surface area contributed by atoms with Gasteiger partial charge in [-0.05, 0) is 36.4 Å². The molecule has 0 aromatic heterocycles. The highest BCUT2D eigenvalue weighted by Gasteiger charge is 2.32. The highest BCUT2D eigenvalue weighted by atomic mass is 16.5. The maximum Gasteiger partial charge on any atom is 0.273 e. The fourth-order valence-corrected chi connectivity index (χ4v) is 3.27. The van der Waals surface area contributed by atoms with E-state index < -0.39 is 5.91 Å². The van der Waals surface area contributed by atoms with E-state index in [0.717, 1.165) is 33.7 Å². The zero-order chi connectivity index (χ0) is 20.4. The standard InChI is InChI=1S/C21H21N5O3/c1-29-15-8-6-14(7-9-15)23-21-20(16-4-2-3-5-17(16)27)24-19-13-25(12-18(22)28)10-11-26(19)21/h2-11,13,23-24,27H,12H2,1H3,(H2,22,28)/p+1. The van der Waals surface area contributed by atoms with Crippen LogP contribution in [0.5, 0.6) is 11.5 Å². The van der Waals surface area contributed by atoms with Gasteiger partial charge in [0.15, 0.2) is 12.4 Å².